The van der Waals surface area contributed by atoms with Crippen LogP contribution in [0.1, 0.15) is 32.3 Å². The SMILES string of the molecule is CCOc1ccccc1Oc1ncnc(NC)c1C(C)C. The fourth-order valence-corrected chi connectivity index (χ4v) is 2.09. The van der Waals surface area contributed by atoms with E-state index in [-0.39, 0.29) is 5.92 Å². The summed E-state index contributed by atoms with van der Waals surface area (Å²) < 4.78 is 11.6. The third kappa shape index (κ3) is 3.42. The average molecular weight is 287 g/mol. The Bertz CT molecular complexity index is 600. The van der Waals surface area contributed by atoms with Crippen molar-refractivity contribution in [2.75, 3.05) is 19.0 Å². The van der Waals surface area contributed by atoms with Crippen molar-refractivity contribution < 1.29 is 9.47 Å². The Morgan fingerprint density at radius 3 is 2.48 bits per heavy atom. The minimum atomic E-state index is 0.239. The van der Waals surface area contributed by atoms with Gasteiger partial charge < -0.3 is 14.8 Å². The average Bonchev–Trinajstić information content (AvgIpc) is 2.49. The molecule has 0 fully saturated rings. The molecule has 2 rings (SSSR count). The lowest BCUT2D eigenvalue weighted by Gasteiger charge is -2.17. The van der Waals surface area contributed by atoms with Gasteiger partial charge in [0, 0.05) is 7.05 Å². The molecule has 1 N–H and O–H groups in total. The lowest BCUT2D eigenvalue weighted by molar-refractivity contribution is 0.318. The van der Waals surface area contributed by atoms with E-state index in [1.807, 2.05) is 38.2 Å². The molecule has 112 valence electrons. The number of hydrogen-bond acceptors (Lipinski definition) is 5. The van der Waals surface area contributed by atoms with E-state index in [1.54, 1.807) is 0 Å². The van der Waals surface area contributed by atoms with Gasteiger partial charge in [-0.05, 0) is 25.0 Å². The zero-order chi connectivity index (χ0) is 15.2. The second-order valence-electron chi connectivity index (χ2n) is 4.83. The quantitative estimate of drug-likeness (QED) is 0.875. The molecule has 0 saturated carbocycles. The van der Waals surface area contributed by atoms with Crippen LogP contribution in [0.15, 0.2) is 30.6 Å². The molecule has 0 aliphatic carbocycles. The van der Waals surface area contributed by atoms with Crippen molar-refractivity contribution in [3.8, 4) is 17.4 Å². The molecule has 5 nitrogen and oxygen atoms in total. The maximum absolute atomic E-state index is 5.98. The lowest BCUT2D eigenvalue weighted by Crippen LogP contribution is -2.05. The van der Waals surface area contributed by atoms with Gasteiger partial charge in [-0.2, -0.15) is 0 Å². The first kappa shape index (κ1) is 15.1. The van der Waals surface area contributed by atoms with Crippen molar-refractivity contribution in [1.82, 2.24) is 9.97 Å². The molecule has 2 aromatic rings. The molecule has 0 radical (unpaired) electrons. The van der Waals surface area contributed by atoms with Gasteiger partial charge in [0.2, 0.25) is 5.88 Å². The van der Waals surface area contributed by atoms with Gasteiger partial charge in [-0.3, -0.25) is 0 Å². The Morgan fingerprint density at radius 2 is 1.86 bits per heavy atom. The van der Waals surface area contributed by atoms with Gasteiger partial charge in [0.15, 0.2) is 11.5 Å². The smallest absolute Gasteiger partial charge is 0.228 e. The molecule has 0 aliphatic heterocycles. The highest BCUT2D eigenvalue weighted by atomic mass is 16.5. The highest BCUT2D eigenvalue weighted by Gasteiger charge is 2.17. The molecule has 5 heteroatoms. The van der Waals surface area contributed by atoms with Crippen molar-refractivity contribution in [3.05, 3.63) is 36.2 Å². The van der Waals surface area contributed by atoms with Crippen molar-refractivity contribution >= 4 is 5.82 Å². The largest absolute Gasteiger partial charge is 0.490 e. The Hall–Kier alpha value is -2.30. The van der Waals surface area contributed by atoms with Crippen LogP contribution in [0.2, 0.25) is 0 Å². The summed E-state index contributed by atoms with van der Waals surface area (Å²) in [4.78, 5) is 8.52. The number of nitrogens with one attached hydrogen (secondary N) is 1. The molecule has 0 aliphatic rings. The van der Waals surface area contributed by atoms with Gasteiger partial charge in [0.25, 0.3) is 0 Å². The van der Waals surface area contributed by atoms with Crippen LogP contribution in [0.25, 0.3) is 0 Å². The Kier molecular flexibility index (Phi) is 4.98. The second-order valence-corrected chi connectivity index (χ2v) is 4.83. The number of rotatable bonds is 6. The van der Waals surface area contributed by atoms with Gasteiger partial charge >= 0.3 is 0 Å². The number of aromatic nitrogens is 2. The standard InChI is InChI=1S/C16H21N3O2/c1-5-20-12-8-6-7-9-13(12)21-16-14(11(2)3)15(17-4)18-10-19-16/h6-11H,5H2,1-4H3,(H,17,18,19). The summed E-state index contributed by atoms with van der Waals surface area (Å²) in [6, 6.07) is 7.58. The zero-order valence-electron chi connectivity index (χ0n) is 12.9. The number of hydrogen-bond donors (Lipinski definition) is 1. The number of anilines is 1. The minimum Gasteiger partial charge on any atom is -0.490 e. The molecule has 1 aromatic heterocycles. The summed E-state index contributed by atoms with van der Waals surface area (Å²) in [7, 11) is 1.84. The number of para-hydroxylation sites is 2. The first-order valence-corrected chi connectivity index (χ1v) is 7.09. The molecule has 1 heterocycles. The summed E-state index contributed by atoms with van der Waals surface area (Å²) in [5.41, 5.74) is 0.950. The summed E-state index contributed by atoms with van der Waals surface area (Å²) in [6.07, 6.45) is 1.50. The monoisotopic (exact) mass is 287 g/mol. The van der Waals surface area contributed by atoms with E-state index < -0.39 is 0 Å². The van der Waals surface area contributed by atoms with E-state index in [1.165, 1.54) is 6.33 Å². The van der Waals surface area contributed by atoms with E-state index in [2.05, 4.69) is 29.1 Å². The normalized spacial score (nSPS) is 10.5. The summed E-state index contributed by atoms with van der Waals surface area (Å²) in [6.45, 7) is 6.70. The highest BCUT2D eigenvalue weighted by Crippen LogP contribution is 2.36. The predicted molar refractivity (Wildman–Crippen MR) is 83.4 cm³/mol. The van der Waals surface area contributed by atoms with Crippen molar-refractivity contribution in [2.45, 2.75) is 26.7 Å². The fraction of sp³-hybridized carbons (Fsp3) is 0.375. The van der Waals surface area contributed by atoms with Gasteiger partial charge in [-0.15, -0.1) is 0 Å². The van der Waals surface area contributed by atoms with Crippen molar-refractivity contribution in [1.29, 1.82) is 0 Å². The molecule has 0 bridgehead atoms. The fourth-order valence-electron chi connectivity index (χ4n) is 2.09. The van der Waals surface area contributed by atoms with E-state index in [4.69, 9.17) is 9.47 Å². The van der Waals surface area contributed by atoms with Crippen LogP contribution in [0.3, 0.4) is 0 Å². The van der Waals surface area contributed by atoms with Crippen LogP contribution >= 0.6 is 0 Å². The lowest BCUT2D eigenvalue weighted by atomic mass is 10.1. The first-order chi connectivity index (χ1) is 10.2. The Balaban J connectivity index is 2.40. The Labute approximate surface area is 125 Å². The maximum Gasteiger partial charge on any atom is 0.228 e. The molecule has 1 aromatic carbocycles. The maximum atomic E-state index is 5.98. The van der Waals surface area contributed by atoms with Crippen LogP contribution in [0.5, 0.6) is 17.4 Å². The van der Waals surface area contributed by atoms with Crippen LogP contribution < -0.4 is 14.8 Å². The third-order valence-corrected chi connectivity index (χ3v) is 3.02. The van der Waals surface area contributed by atoms with Crippen LogP contribution in [0.4, 0.5) is 5.82 Å². The van der Waals surface area contributed by atoms with E-state index in [0.29, 0.717) is 24.0 Å². The van der Waals surface area contributed by atoms with Gasteiger partial charge in [0.05, 0.1) is 12.2 Å². The Morgan fingerprint density at radius 1 is 1.14 bits per heavy atom. The molecule has 0 atom stereocenters. The second kappa shape index (κ2) is 6.92. The molecule has 0 spiro atoms. The van der Waals surface area contributed by atoms with E-state index in [0.717, 1.165) is 11.4 Å². The van der Waals surface area contributed by atoms with Crippen molar-refractivity contribution in [2.24, 2.45) is 0 Å². The van der Waals surface area contributed by atoms with Crippen LogP contribution in [-0.2, 0) is 0 Å². The predicted octanol–water partition coefficient (Wildman–Crippen LogP) is 3.83. The summed E-state index contributed by atoms with van der Waals surface area (Å²) in [5, 5.41) is 3.08. The molecule has 0 unspecified atom stereocenters. The highest BCUT2D eigenvalue weighted by molar-refractivity contribution is 5.52. The summed E-state index contributed by atoms with van der Waals surface area (Å²) >= 11 is 0. The van der Waals surface area contributed by atoms with Crippen molar-refractivity contribution in [3.63, 3.8) is 0 Å². The topological polar surface area (TPSA) is 56.3 Å². The minimum absolute atomic E-state index is 0.239. The zero-order valence-corrected chi connectivity index (χ0v) is 12.9. The van der Waals surface area contributed by atoms with Crippen LogP contribution in [-0.4, -0.2) is 23.6 Å². The van der Waals surface area contributed by atoms with Crippen LogP contribution in [0, 0.1) is 0 Å². The molecular weight excluding hydrogens is 266 g/mol. The first-order valence-electron chi connectivity index (χ1n) is 7.09. The van der Waals surface area contributed by atoms with E-state index >= 15 is 0 Å². The molecule has 21 heavy (non-hydrogen) atoms. The van der Waals surface area contributed by atoms with Gasteiger partial charge in [0.1, 0.15) is 12.1 Å². The molecular formula is C16H21N3O2. The van der Waals surface area contributed by atoms with E-state index in [9.17, 15) is 0 Å². The number of benzene rings is 1. The summed E-state index contributed by atoms with van der Waals surface area (Å²) in [5.74, 6) is 2.93. The van der Waals surface area contributed by atoms with Gasteiger partial charge in [-0.25, -0.2) is 9.97 Å². The number of ether oxygens (including phenoxy) is 2. The van der Waals surface area contributed by atoms with Gasteiger partial charge in [-0.1, -0.05) is 26.0 Å². The third-order valence-electron chi connectivity index (χ3n) is 3.02. The molecule has 0 saturated heterocycles. The molecule has 0 amide bonds. The number of nitrogens with zero attached hydrogens (tertiary/aromatic N) is 2.